The molecule has 3 aromatic heterocycles. The molecule has 0 aliphatic heterocycles. The van der Waals surface area contributed by atoms with E-state index < -0.39 is 5.41 Å². The molecule has 0 saturated heterocycles. The maximum absolute atomic E-state index is 12.8. The molecule has 5 rings (SSSR count). The molecule has 1 N–H and O–H groups in total. The van der Waals surface area contributed by atoms with E-state index in [0.717, 1.165) is 5.56 Å². The monoisotopic (exact) mass is 376 g/mol. The number of nitrogens with one attached hydrogen (secondary N) is 1. The van der Waals surface area contributed by atoms with Crippen LogP contribution in [0.25, 0.3) is 22.9 Å². The van der Waals surface area contributed by atoms with Gasteiger partial charge in [-0.15, -0.1) is 0 Å². The molecule has 0 unspecified atom stereocenters. The van der Waals surface area contributed by atoms with Crippen molar-refractivity contribution in [1.29, 1.82) is 0 Å². The van der Waals surface area contributed by atoms with E-state index in [2.05, 4.69) is 20.6 Å². The summed E-state index contributed by atoms with van der Waals surface area (Å²) in [5.41, 5.74) is 0.791. The highest BCUT2D eigenvalue weighted by Crippen LogP contribution is 2.48. The van der Waals surface area contributed by atoms with Crippen LogP contribution in [0.5, 0.6) is 0 Å². The lowest BCUT2D eigenvalue weighted by Gasteiger charge is -2.10. The molecule has 28 heavy (non-hydrogen) atoms. The van der Waals surface area contributed by atoms with Crippen LogP contribution in [0.2, 0.25) is 0 Å². The highest BCUT2D eigenvalue weighted by Gasteiger charge is 2.53. The largest absolute Gasteiger partial charge is 0.461 e. The summed E-state index contributed by atoms with van der Waals surface area (Å²) in [5, 5.41) is 10.9. The summed E-state index contributed by atoms with van der Waals surface area (Å²) in [7, 11) is 0. The van der Waals surface area contributed by atoms with E-state index in [-0.39, 0.29) is 12.5 Å². The smallest absolute Gasteiger partial charge is 0.246 e. The van der Waals surface area contributed by atoms with Gasteiger partial charge in [0.05, 0.1) is 23.9 Å². The lowest BCUT2D eigenvalue weighted by molar-refractivity contribution is -0.124. The molecule has 8 heteroatoms. The molecular formula is C20H16N4O4. The molecule has 0 radical (unpaired) electrons. The summed E-state index contributed by atoms with van der Waals surface area (Å²) in [4.78, 5) is 17.1. The maximum atomic E-state index is 12.8. The van der Waals surface area contributed by atoms with E-state index in [4.69, 9.17) is 13.5 Å². The first-order valence-electron chi connectivity index (χ1n) is 8.92. The molecule has 0 spiro atoms. The summed E-state index contributed by atoms with van der Waals surface area (Å²) >= 11 is 0. The van der Waals surface area contributed by atoms with Crippen molar-refractivity contribution in [3.63, 3.8) is 0 Å². The molecule has 1 fully saturated rings. The van der Waals surface area contributed by atoms with E-state index in [0.29, 0.717) is 41.8 Å². The first-order valence-corrected chi connectivity index (χ1v) is 8.92. The van der Waals surface area contributed by atoms with Gasteiger partial charge in [0.25, 0.3) is 0 Å². The minimum atomic E-state index is -0.670. The fraction of sp³-hybridized carbons (Fsp3) is 0.200. The minimum Gasteiger partial charge on any atom is -0.461 e. The Labute approximate surface area is 159 Å². The molecule has 8 nitrogen and oxygen atoms in total. The Hall–Kier alpha value is -3.68. The number of furan rings is 1. The third-order valence-corrected chi connectivity index (χ3v) is 4.85. The second-order valence-corrected chi connectivity index (χ2v) is 6.70. The van der Waals surface area contributed by atoms with Gasteiger partial charge < -0.3 is 18.8 Å². The third-order valence-electron chi connectivity index (χ3n) is 4.85. The Bertz CT molecular complexity index is 1090. The minimum absolute atomic E-state index is 0.133. The summed E-state index contributed by atoms with van der Waals surface area (Å²) < 4.78 is 15.9. The van der Waals surface area contributed by atoms with Gasteiger partial charge in [-0.2, -0.15) is 4.98 Å². The summed E-state index contributed by atoms with van der Waals surface area (Å²) in [6, 6.07) is 14.8. The number of benzene rings is 1. The quantitative estimate of drug-likeness (QED) is 0.550. The van der Waals surface area contributed by atoms with Gasteiger partial charge in [-0.3, -0.25) is 4.79 Å². The highest BCUT2D eigenvalue weighted by atomic mass is 16.5. The van der Waals surface area contributed by atoms with Crippen molar-refractivity contribution in [1.82, 2.24) is 20.6 Å². The van der Waals surface area contributed by atoms with Crippen LogP contribution in [0.3, 0.4) is 0 Å². The number of hydrogen-bond donors (Lipinski definition) is 1. The van der Waals surface area contributed by atoms with Crippen molar-refractivity contribution in [2.45, 2.75) is 24.8 Å². The fourth-order valence-electron chi connectivity index (χ4n) is 3.12. The van der Waals surface area contributed by atoms with Gasteiger partial charge in [0, 0.05) is 11.6 Å². The molecule has 0 bridgehead atoms. The Balaban J connectivity index is 1.27. The zero-order valence-electron chi connectivity index (χ0n) is 14.8. The Morgan fingerprint density at radius 2 is 1.89 bits per heavy atom. The first-order chi connectivity index (χ1) is 13.7. The topological polar surface area (TPSA) is 107 Å². The average Bonchev–Trinajstić information content (AvgIpc) is 3.18. The molecule has 0 atom stereocenters. The number of nitrogens with zero attached hydrogens (tertiary/aromatic N) is 3. The number of hydrogen-bond acceptors (Lipinski definition) is 7. The number of rotatable bonds is 6. The average molecular weight is 376 g/mol. The molecule has 1 aliphatic rings. The maximum Gasteiger partial charge on any atom is 0.246 e. The van der Waals surface area contributed by atoms with Gasteiger partial charge in [-0.25, -0.2) is 0 Å². The van der Waals surface area contributed by atoms with E-state index in [1.807, 2.05) is 30.3 Å². The van der Waals surface area contributed by atoms with Crippen LogP contribution in [0.4, 0.5) is 0 Å². The van der Waals surface area contributed by atoms with Gasteiger partial charge in [0.1, 0.15) is 0 Å². The van der Waals surface area contributed by atoms with Crippen molar-refractivity contribution in [3.05, 3.63) is 66.4 Å². The molecule has 1 aliphatic carbocycles. The highest BCUT2D eigenvalue weighted by molar-refractivity contribution is 5.90. The predicted octanol–water partition coefficient (Wildman–Crippen LogP) is 3.33. The molecule has 1 amide bonds. The molecule has 3 heterocycles. The van der Waals surface area contributed by atoms with Crippen LogP contribution < -0.4 is 5.32 Å². The van der Waals surface area contributed by atoms with E-state index in [9.17, 15) is 4.79 Å². The first kappa shape index (κ1) is 16.5. The van der Waals surface area contributed by atoms with Crippen molar-refractivity contribution in [2.75, 3.05) is 0 Å². The zero-order chi connectivity index (χ0) is 19.0. The molecule has 1 aromatic carbocycles. The number of carbonyl (C=O) groups excluding carboxylic acids is 1. The predicted molar refractivity (Wildman–Crippen MR) is 96.7 cm³/mol. The van der Waals surface area contributed by atoms with E-state index >= 15 is 0 Å². The number of carbonyl (C=O) groups is 1. The Morgan fingerprint density at radius 3 is 2.64 bits per heavy atom. The summed E-state index contributed by atoms with van der Waals surface area (Å²) in [6.45, 7) is 0.156. The third kappa shape index (κ3) is 2.88. The van der Waals surface area contributed by atoms with Crippen LogP contribution in [0, 0.1) is 0 Å². The van der Waals surface area contributed by atoms with Gasteiger partial charge in [-0.1, -0.05) is 40.6 Å². The Morgan fingerprint density at radius 1 is 1.04 bits per heavy atom. The van der Waals surface area contributed by atoms with Gasteiger partial charge in [-0.05, 0) is 25.0 Å². The van der Waals surface area contributed by atoms with Crippen LogP contribution >= 0.6 is 0 Å². The fourth-order valence-corrected chi connectivity index (χ4v) is 3.12. The van der Waals surface area contributed by atoms with Gasteiger partial charge in [0.2, 0.25) is 23.4 Å². The van der Waals surface area contributed by atoms with Crippen LogP contribution in [-0.4, -0.2) is 21.2 Å². The second kappa shape index (κ2) is 6.49. The number of amides is 1. The Kier molecular flexibility index (Phi) is 3.82. The van der Waals surface area contributed by atoms with Crippen LogP contribution in [-0.2, 0) is 16.8 Å². The zero-order valence-corrected chi connectivity index (χ0v) is 14.8. The molecule has 140 valence electrons. The van der Waals surface area contributed by atoms with Crippen LogP contribution in [0.15, 0.2) is 68.3 Å². The van der Waals surface area contributed by atoms with Crippen molar-refractivity contribution in [2.24, 2.45) is 0 Å². The molecule has 1 saturated carbocycles. The van der Waals surface area contributed by atoms with E-state index in [1.165, 1.54) is 0 Å². The summed E-state index contributed by atoms with van der Waals surface area (Å²) in [6.07, 6.45) is 2.98. The lowest BCUT2D eigenvalue weighted by Crippen LogP contribution is -2.34. The van der Waals surface area contributed by atoms with E-state index in [1.54, 1.807) is 24.5 Å². The second-order valence-electron chi connectivity index (χ2n) is 6.70. The normalized spacial score (nSPS) is 14.7. The standard InChI is InChI=1S/C20H16N4O4/c25-19(21-12-17-22-18(24-28-17)13-5-2-1-3-6-13)20(8-9-20)16-11-15(27-23-16)14-7-4-10-26-14/h1-7,10-11H,8-9,12H2,(H,21,25). The SMILES string of the molecule is O=C(NCc1nc(-c2ccccc2)no1)C1(c2cc(-c3ccco3)on2)CC1. The number of aromatic nitrogens is 3. The van der Waals surface area contributed by atoms with Crippen molar-refractivity contribution < 1.29 is 18.3 Å². The molecule has 4 aromatic rings. The lowest BCUT2D eigenvalue weighted by atomic mass is 10.0. The van der Waals surface area contributed by atoms with Gasteiger partial charge >= 0.3 is 0 Å². The van der Waals surface area contributed by atoms with Crippen LogP contribution in [0.1, 0.15) is 24.4 Å². The van der Waals surface area contributed by atoms with Gasteiger partial charge in [0.15, 0.2) is 5.76 Å². The molecular weight excluding hydrogens is 360 g/mol. The van der Waals surface area contributed by atoms with Crippen molar-refractivity contribution in [3.8, 4) is 22.9 Å². The van der Waals surface area contributed by atoms with Crippen molar-refractivity contribution >= 4 is 5.91 Å². The summed E-state index contributed by atoms with van der Waals surface area (Å²) in [5.74, 6) is 1.79.